The molecule has 0 spiro atoms. The highest BCUT2D eigenvalue weighted by atomic mass is 16.5. The third-order valence-corrected chi connectivity index (χ3v) is 11.3. The van der Waals surface area contributed by atoms with E-state index < -0.39 is 0 Å². The van der Waals surface area contributed by atoms with Crippen LogP contribution >= 0.6 is 0 Å². The summed E-state index contributed by atoms with van der Waals surface area (Å²) in [6, 6.07) is -0.0199. The third kappa shape index (κ3) is 30.6. The molecule has 0 aliphatic rings. The molecule has 0 aromatic rings. The first-order valence-corrected chi connectivity index (χ1v) is 22.0. The van der Waals surface area contributed by atoms with E-state index in [2.05, 4.69) is 39.5 Å². The van der Waals surface area contributed by atoms with Crippen LogP contribution in [0.3, 0.4) is 0 Å². The maximum absolute atomic E-state index is 12.8. The highest BCUT2D eigenvalue weighted by Gasteiger charge is 2.28. The maximum atomic E-state index is 12.8. The van der Waals surface area contributed by atoms with Crippen molar-refractivity contribution in [1.29, 1.82) is 0 Å². The predicted molar refractivity (Wildman–Crippen MR) is 216 cm³/mol. The minimum absolute atomic E-state index is 0.0199. The number of likely N-dealkylation sites (N-methyl/N-ethyl adjacent to an activating group) is 1. The molecule has 49 heavy (non-hydrogen) atoms. The van der Waals surface area contributed by atoms with Gasteiger partial charge in [-0.05, 0) is 78.7 Å². The van der Waals surface area contributed by atoms with Crippen molar-refractivity contribution >= 4 is 11.6 Å². The van der Waals surface area contributed by atoms with Crippen LogP contribution in [0.15, 0.2) is 0 Å². The van der Waals surface area contributed by atoms with Crippen molar-refractivity contribution in [2.24, 2.45) is 5.41 Å². The molecule has 292 valence electrons. The Morgan fingerprint density at radius 2 is 0.878 bits per heavy atom. The van der Waals surface area contributed by atoms with Crippen LogP contribution in [0.4, 0.5) is 0 Å². The fraction of sp³-hybridized carbons (Fsp3) is 0.956. The van der Waals surface area contributed by atoms with Crippen molar-refractivity contribution in [3.05, 3.63) is 0 Å². The summed E-state index contributed by atoms with van der Waals surface area (Å²) < 4.78 is 5.68. The van der Waals surface area contributed by atoms with Crippen LogP contribution in [-0.2, 0) is 14.3 Å². The largest absolute Gasteiger partial charge is 0.377 e. The molecule has 4 nitrogen and oxygen atoms in total. The van der Waals surface area contributed by atoms with Gasteiger partial charge in [0, 0.05) is 19.4 Å². The minimum atomic E-state index is -0.0199. The first-order chi connectivity index (χ1) is 23.7. The number of ketones is 2. The van der Waals surface area contributed by atoms with Crippen LogP contribution in [0.25, 0.3) is 0 Å². The van der Waals surface area contributed by atoms with Gasteiger partial charge in [-0.1, -0.05) is 162 Å². The molecule has 0 radical (unpaired) electrons. The molecule has 0 aliphatic heterocycles. The summed E-state index contributed by atoms with van der Waals surface area (Å²) in [5.74, 6) is 0.725. The number of carbonyl (C=O) groups excluding carboxylic acids is 2. The van der Waals surface area contributed by atoms with E-state index in [-0.39, 0.29) is 12.1 Å². The number of hydrogen-bond donors (Lipinski definition) is 0. The Morgan fingerprint density at radius 1 is 0.531 bits per heavy atom. The Balaban J connectivity index is 4.96. The van der Waals surface area contributed by atoms with Crippen LogP contribution in [0.5, 0.6) is 0 Å². The third-order valence-electron chi connectivity index (χ3n) is 11.3. The molecule has 2 atom stereocenters. The number of Topliss-reactive ketones (excluding diaryl/α,β-unsaturated/α-hetero) is 2. The molecule has 0 rings (SSSR count). The quantitative estimate of drug-likeness (QED) is 0.0602. The lowest BCUT2D eigenvalue weighted by molar-refractivity contribution is -0.123. The molecule has 0 saturated carbocycles. The second kappa shape index (κ2) is 34.4. The monoisotopic (exact) mass is 692 g/mol. The Kier molecular flexibility index (Phi) is 33.8. The van der Waals surface area contributed by atoms with Gasteiger partial charge in [0.05, 0.1) is 18.8 Å². The van der Waals surface area contributed by atoms with Crippen LogP contribution in [0.1, 0.15) is 241 Å². The fourth-order valence-corrected chi connectivity index (χ4v) is 7.66. The Morgan fingerprint density at radius 3 is 1.24 bits per heavy atom. The molecule has 0 fully saturated rings. The van der Waals surface area contributed by atoms with Gasteiger partial charge < -0.3 is 9.53 Å². The number of carbonyl (C=O) groups is 2. The van der Waals surface area contributed by atoms with Crippen molar-refractivity contribution in [2.45, 2.75) is 253 Å². The van der Waals surface area contributed by atoms with Gasteiger partial charge in [0.25, 0.3) is 0 Å². The van der Waals surface area contributed by atoms with Crippen molar-refractivity contribution in [2.75, 3.05) is 20.2 Å². The molecule has 0 bridgehead atoms. The van der Waals surface area contributed by atoms with E-state index in [9.17, 15) is 9.59 Å². The molecule has 4 heteroatoms. The van der Waals surface area contributed by atoms with Gasteiger partial charge in [-0.25, -0.2) is 0 Å². The lowest BCUT2D eigenvalue weighted by Gasteiger charge is -2.35. The first kappa shape index (κ1) is 48.3. The molecular weight excluding hydrogens is 602 g/mol. The molecule has 2 unspecified atom stereocenters. The number of unbranched alkanes of at least 4 members (excludes halogenated alkanes) is 21. The molecule has 0 saturated heterocycles. The number of nitrogens with zero attached hydrogens (tertiary/aromatic N) is 1. The second-order valence-corrected chi connectivity index (χ2v) is 16.4. The zero-order chi connectivity index (χ0) is 36.4. The number of hydrogen-bond acceptors (Lipinski definition) is 4. The van der Waals surface area contributed by atoms with Crippen LogP contribution < -0.4 is 0 Å². The Bertz CT molecular complexity index is 737. The van der Waals surface area contributed by atoms with Gasteiger partial charge in [0.2, 0.25) is 0 Å². The van der Waals surface area contributed by atoms with Crippen molar-refractivity contribution in [3.8, 4) is 0 Å². The summed E-state index contributed by atoms with van der Waals surface area (Å²) in [6.07, 6.45) is 40.9. The van der Waals surface area contributed by atoms with E-state index in [4.69, 9.17) is 4.74 Å². The van der Waals surface area contributed by atoms with Gasteiger partial charge in [-0.3, -0.25) is 9.69 Å². The van der Waals surface area contributed by atoms with Crippen LogP contribution in [-0.4, -0.2) is 48.8 Å². The summed E-state index contributed by atoms with van der Waals surface area (Å²) >= 11 is 0. The molecule has 0 N–H and O–H groups in total. The van der Waals surface area contributed by atoms with E-state index in [0.29, 0.717) is 30.0 Å². The average molecular weight is 692 g/mol. The number of rotatable bonds is 39. The minimum Gasteiger partial charge on any atom is -0.377 e. The molecular formula is C45H89NO3. The van der Waals surface area contributed by atoms with Gasteiger partial charge in [0.15, 0.2) is 0 Å². The normalized spacial score (nSPS) is 13.7. The van der Waals surface area contributed by atoms with Gasteiger partial charge in [0.1, 0.15) is 11.6 Å². The highest BCUT2D eigenvalue weighted by Crippen LogP contribution is 2.42. The standard InChI is InChI=1S/C45H89NO3/c1-8-10-12-14-16-18-24-30-36-45(35-29-23-17-15-13-11-9-2,37-31-25-19-21-27-33-42(5)47)38-32-26-20-22-28-34-44(48)43(6)46(7)39-40-49-41(3)4/h41,43H,8-40H2,1-7H3. The highest BCUT2D eigenvalue weighted by molar-refractivity contribution is 5.83. The smallest absolute Gasteiger partial charge is 0.149 e. The first-order valence-electron chi connectivity index (χ1n) is 22.0. The van der Waals surface area contributed by atoms with Gasteiger partial charge >= 0.3 is 0 Å². The summed E-state index contributed by atoms with van der Waals surface area (Å²) in [5.41, 5.74) is 0.528. The van der Waals surface area contributed by atoms with Crippen LogP contribution in [0, 0.1) is 5.41 Å². The molecule has 0 heterocycles. The van der Waals surface area contributed by atoms with Gasteiger partial charge in [-0.15, -0.1) is 0 Å². The molecule has 0 aliphatic carbocycles. The predicted octanol–water partition coefficient (Wildman–Crippen LogP) is 14.0. The van der Waals surface area contributed by atoms with E-state index in [0.717, 1.165) is 25.8 Å². The van der Waals surface area contributed by atoms with Gasteiger partial charge in [-0.2, -0.15) is 0 Å². The summed E-state index contributed by atoms with van der Waals surface area (Å²) in [7, 11) is 2.05. The number of ether oxygens (including phenoxy) is 1. The maximum Gasteiger partial charge on any atom is 0.149 e. The fourth-order valence-electron chi connectivity index (χ4n) is 7.66. The SMILES string of the molecule is CCCCCCCCCCC(CCCCCCCCC)(CCCCCCCC(C)=O)CCCCCCCC(=O)C(C)N(C)CCOC(C)C. The van der Waals surface area contributed by atoms with E-state index >= 15 is 0 Å². The van der Waals surface area contributed by atoms with Crippen molar-refractivity contribution in [1.82, 2.24) is 4.90 Å². The van der Waals surface area contributed by atoms with Crippen molar-refractivity contribution in [3.63, 3.8) is 0 Å². The lowest BCUT2D eigenvalue weighted by atomic mass is 9.70. The molecule has 0 aromatic heterocycles. The zero-order valence-electron chi connectivity index (χ0n) is 34.7. The topological polar surface area (TPSA) is 46.6 Å². The van der Waals surface area contributed by atoms with Crippen LogP contribution in [0.2, 0.25) is 0 Å². The summed E-state index contributed by atoms with van der Waals surface area (Å²) in [6.45, 7) is 14.0. The second-order valence-electron chi connectivity index (χ2n) is 16.4. The summed E-state index contributed by atoms with van der Waals surface area (Å²) in [5, 5.41) is 0. The molecule has 0 aromatic carbocycles. The van der Waals surface area contributed by atoms with E-state index in [1.165, 1.54) is 173 Å². The Hall–Kier alpha value is -0.740. The molecule has 0 amide bonds. The lowest BCUT2D eigenvalue weighted by Crippen LogP contribution is -2.38. The van der Waals surface area contributed by atoms with E-state index in [1.54, 1.807) is 6.92 Å². The average Bonchev–Trinajstić information content (AvgIpc) is 3.07. The zero-order valence-corrected chi connectivity index (χ0v) is 34.7. The van der Waals surface area contributed by atoms with Crippen molar-refractivity contribution < 1.29 is 14.3 Å². The Labute approximate surface area is 308 Å². The summed E-state index contributed by atoms with van der Waals surface area (Å²) in [4.78, 5) is 26.3. The van der Waals surface area contributed by atoms with E-state index in [1.807, 2.05) is 7.05 Å².